The number of nitrogens with zero attached hydrogens (tertiary/aromatic N) is 1. The third-order valence-corrected chi connectivity index (χ3v) is 3.35. The van der Waals surface area contributed by atoms with Gasteiger partial charge in [0.25, 0.3) is 5.91 Å². The van der Waals surface area contributed by atoms with E-state index in [9.17, 15) is 4.79 Å². The second-order valence-corrected chi connectivity index (χ2v) is 5.70. The predicted molar refractivity (Wildman–Crippen MR) is 91.7 cm³/mol. The molecule has 0 unspecified atom stereocenters. The lowest BCUT2D eigenvalue weighted by Gasteiger charge is -2.11. The molecule has 0 aliphatic rings. The molecule has 0 saturated carbocycles. The number of methoxy groups -OCH3 is 1. The highest BCUT2D eigenvalue weighted by molar-refractivity contribution is 5.94. The maximum Gasteiger partial charge on any atom is 0.251 e. The summed E-state index contributed by atoms with van der Waals surface area (Å²) in [5.41, 5.74) is 1.52. The molecule has 0 spiro atoms. The molecule has 1 aromatic carbocycles. The monoisotopic (exact) mass is 313 g/mol. The zero-order valence-electron chi connectivity index (χ0n) is 13.8. The molecule has 5 nitrogen and oxygen atoms in total. The van der Waals surface area contributed by atoms with Crippen LogP contribution < -0.4 is 15.4 Å². The van der Waals surface area contributed by atoms with Gasteiger partial charge in [0.15, 0.2) is 0 Å². The van der Waals surface area contributed by atoms with Crippen molar-refractivity contribution in [1.29, 1.82) is 0 Å². The molecule has 0 aliphatic carbocycles. The fourth-order valence-electron chi connectivity index (χ4n) is 2.10. The maximum absolute atomic E-state index is 12.3. The maximum atomic E-state index is 12.3. The summed E-state index contributed by atoms with van der Waals surface area (Å²) in [7, 11) is 1.62. The molecule has 0 bridgehead atoms. The van der Waals surface area contributed by atoms with Crippen LogP contribution in [0.4, 0.5) is 5.82 Å². The predicted octanol–water partition coefficient (Wildman–Crippen LogP) is 3.09. The average molecular weight is 313 g/mol. The Morgan fingerprint density at radius 2 is 2.04 bits per heavy atom. The topological polar surface area (TPSA) is 63.2 Å². The molecule has 0 aliphatic heterocycles. The van der Waals surface area contributed by atoms with Gasteiger partial charge in [-0.15, -0.1) is 0 Å². The minimum atomic E-state index is -0.133. The van der Waals surface area contributed by atoms with Crippen LogP contribution in [0.3, 0.4) is 0 Å². The first-order valence-corrected chi connectivity index (χ1v) is 7.70. The molecule has 1 amide bonds. The molecule has 1 heterocycles. The second-order valence-electron chi connectivity index (χ2n) is 5.70. The van der Waals surface area contributed by atoms with E-state index >= 15 is 0 Å². The van der Waals surface area contributed by atoms with Crippen LogP contribution in [0.2, 0.25) is 0 Å². The van der Waals surface area contributed by atoms with E-state index in [1.807, 2.05) is 24.3 Å². The summed E-state index contributed by atoms with van der Waals surface area (Å²) in [4.78, 5) is 16.5. The van der Waals surface area contributed by atoms with Crippen LogP contribution in [-0.2, 0) is 6.54 Å². The van der Waals surface area contributed by atoms with Gasteiger partial charge in [0.05, 0.1) is 7.11 Å². The van der Waals surface area contributed by atoms with Crippen LogP contribution in [0.25, 0.3) is 0 Å². The Kier molecular flexibility index (Phi) is 5.97. The first-order chi connectivity index (χ1) is 11.1. The van der Waals surface area contributed by atoms with E-state index in [0.29, 0.717) is 23.8 Å². The van der Waals surface area contributed by atoms with Gasteiger partial charge >= 0.3 is 0 Å². The van der Waals surface area contributed by atoms with Crippen molar-refractivity contribution in [1.82, 2.24) is 10.3 Å². The number of nitrogens with one attached hydrogen (secondary N) is 2. The number of carbonyl (C=O) groups is 1. The molecular formula is C18H23N3O2. The number of amides is 1. The fraction of sp³-hybridized carbons (Fsp3) is 0.333. The standard InChI is InChI=1S/C18H23N3O2/c1-13(2)11-20-17-10-14(8-9-19-17)18(22)21-12-15-6-4-5-7-16(15)23-3/h4-10,13H,11-12H2,1-3H3,(H,19,20)(H,21,22). The smallest absolute Gasteiger partial charge is 0.251 e. The third kappa shape index (κ3) is 4.98. The Bertz CT molecular complexity index is 656. The lowest BCUT2D eigenvalue weighted by atomic mass is 10.2. The Morgan fingerprint density at radius 3 is 2.78 bits per heavy atom. The van der Waals surface area contributed by atoms with Crippen LogP contribution >= 0.6 is 0 Å². The molecule has 23 heavy (non-hydrogen) atoms. The quantitative estimate of drug-likeness (QED) is 0.824. The number of pyridine rings is 1. The molecule has 0 radical (unpaired) electrons. The fourth-order valence-corrected chi connectivity index (χ4v) is 2.10. The van der Waals surface area contributed by atoms with Crippen LogP contribution in [-0.4, -0.2) is 24.5 Å². The highest BCUT2D eigenvalue weighted by Gasteiger charge is 2.08. The van der Waals surface area contributed by atoms with Crippen LogP contribution in [0, 0.1) is 5.92 Å². The zero-order valence-corrected chi connectivity index (χ0v) is 13.8. The molecule has 0 atom stereocenters. The van der Waals surface area contributed by atoms with Crippen molar-refractivity contribution in [3.63, 3.8) is 0 Å². The minimum absolute atomic E-state index is 0.133. The molecule has 1 aromatic heterocycles. The largest absolute Gasteiger partial charge is 0.496 e. The van der Waals surface area contributed by atoms with E-state index in [1.54, 1.807) is 25.4 Å². The van der Waals surface area contributed by atoms with E-state index in [0.717, 1.165) is 17.9 Å². The lowest BCUT2D eigenvalue weighted by Crippen LogP contribution is -2.23. The normalized spacial score (nSPS) is 10.4. The number of anilines is 1. The van der Waals surface area contributed by atoms with Crippen molar-refractivity contribution in [2.45, 2.75) is 20.4 Å². The van der Waals surface area contributed by atoms with E-state index in [-0.39, 0.29) is 5.91 Å². The second kappa shape index (κ2) is 8.17. The molecule has 122 valence electrons. The molecule has 2 rings (SSSR count). The van der Waals surface area contributed by atoms with Gasteiger partial charge < -0.3 is 15.4 Å². The molecule has 2 N–H and O–H groups in total. The third-order valence-electron chi connectivity index (χ3n) is 3.35. The summed E-state index contributed by atoms with van der Waals surface area (Å²) in [6.07, 6.45) is 1.64. The van der Waals surface area contributed by atoms with E-state index in [1.165, 1.54) is 0 Å². The van der Waals surface area contributed by atoms with Crippen LogP contribution in [0.15, 0.2) is 42.6 Å². The van der Waals surface area contributed by atoms with Crippen molar-refractivity contribution in [2.24, 2.45) is 5.92 Å². The van der Waals surface area contributed by atoms with Gasteiger partial charge in [0, 0.05) is 30.4 Å². The zero-order chi connectivity index (χ0) is 16.7. The summed E-state index contributed by atoms with van der Waals surface area (Å²) in [5, 5.41) is 6.13. The number of para-hydroxylation sites is 1. The number of ether oxygens (including phenoxy) is 1. The van der Waals surface area contributed by atoms with Gasteiger partial charge in [0.2, 0.25) is 0 Å². The summed E-state index contributed by atoms with van der Waals surface area (Å²) >= 11 is 0. The van der Waals surface area contributed by atoms with Gasteiger partial charge in [-0.1, -0.05) is 32.0 Å². The van der Waals surface area contributed by atoms with Crippen molar-refractivity contribution in [3.8, 4) is 5.75 Å². The van der Waals surface area contributed by atoms with Crippen LogP contribution in [0.1, 0.15) is 29.8 Å². The van der Waals surface area contributed by atoms with E-state index < -0.39 is 0 Å². The number of hydrogen-bond donors (Lipinski definition) is 2. The van der Waals surface area contributed by atoms with Gasteiger partial charge in [-0.05, 0) is 24.1 Å². The van der Waals surface area contributed by atoms with E-state index in [4.69, 9.17) is 4.74 Å². The van der Waals surface area contributed by atoms with Crippen molar-refractivity contribution < 1.29 is 9.53 Å². The Labute approximate surface area is 137 Å². The highest BCUT2D eigenvalue weighted by atomic mass is 16.5. The van der Waals surface area contributed by atoms with Gasteiger partial charge in [-0.25, -0.2) is 4.98 Å². The van der Waals surface area contributed by atoms with Gasteiger partial charge in [0.1, 0.15) is 11.6 Å². The SMILES string of the molecule is COc1ccccc1CNC(=O)c1ccnc(NCC(C)C)c1. The number of carbonyl (C=O) groups excluding carboxylic acids is 1. The number of rotatable bonds is 7. The minimum Gasteiger partial charge on any atom is -0.496 e. The molecule has 2 aromatic rings. The summed E-state index contributed by atoms with van der Waals surface area (Å²) in [6, 6.07) is 11.1. The Hall–Kier alpha value is -2.56. The first-order valence-electron chi connectivity index (χ1n) is 7.70. The number of hydrogen-bond acceptors (Lipinski definition) is 4. The van der Waals surface area contributed by atoms with Crippen molar-refractivity contribution >= 4 is 11.7 Å². The van der Waals surface area contributed by atoms with Crippen molar-refractivity contribution in [3.05, 3.63) is 53.7 Å². The Morgan fingerprint density at radius 1 is 1.26 bits per heavy atom. The van der Waals surface area contributed by atoms with E-state index in [2.05, 4.69) is 29.5 Å². The lowest BCUT2D eigenvalue weighted by molar-refractivity contribution is 0.0950. The Balaban J connectivity index is 1.99. The van der Waals surface area contributed by atoms with Gasteiger partial charge in [-0.2, -0.15) is 0 Å². The van der Waals surface area contributed by atoms with Crippen molar-refractivity contribution in [2.75, 3.05) is 19.0 Å². The number of benzene rings is 1. The summed E-state index contributed by atoms with van der Waals surface area (Å²) in [5.74, 6) is 1.86. The molecular weight excluding hydrogens is 290 g/mol. The molecule has 5 heteroatoms. The summed E-state index contributed by atoms with van der Waals surface area (Å²) < 4.78 is 5.29. The summed E-state index contributed by atoms with van der Waals surface area (Å²) in [6.45, 7) is 5.48. The average Bonchev–Trinajstić information content (AvgIpc) is 2.58. The van der Waals surface area contributed by atoms with Crippen LogP contribution in [0.5, 0.6) is 5.75 Å². The highest BCUT2D eigenvalue weighted by Crippen LogP contribution is 2.17. The molecule has 0 saturated heterocycles. The van der Waals surface area contributed by atoms with Gasteiger partial charge in [-0.3, -0.25) is 4.79 Å². The molecule has 0 fully saturated rings. The number of aromatic nitrogens is 1. The first kappa shape index (κ1) is 16.8.